The molecule has 0 atom stereocenters. The summed E-state index contributed by atoms with van der Waals surface area (Å²) < 4.78 is 0. The van der Waals surface area contributed by atoms with Gasteiger partial charge >= 0.3 is 11.4 Å². The normalized spacial score (nSPS) is 5.33. The maximum absolute atomic E-state index is 4.94. The van der Waals surface area contributed by atoms with Crippen LogP contribution in [-0.4, -0.2) is 18.6 Å². The van der Waals surface area contributed by atoms with Crippen molar-refractivity contribution in [2.24, 2.45) is 0 Å². The second kappa shape index (κ2) is 9.90. The minimum Gasteiger partial charge on any atom is -0.214 e. The monoisotopic (exact) mass is 178 g/mol. The minimum absolute atomic E-state index is 1.72. The standard InChI is InChI=1S/Al.BCl.3ClH/c;1-2;;;/h;;3*1H/q+3;;;;/p-3. The molecule has 0 rings (SSSR count). The fourth-order valence-corrected chi connectivity index (χ4v) is 0. The van der Waals surface area contributed by atoms with Crippen LogP contribution in [-0.2, 0) is 0 Å². The van der Waals surface area contributed by atoms with Crippen LogP contribution in [0.5, 0.6) is 0 Å². The molecule has 0 fully saturated rings. The van der Waals surface area contributed by atoms with Crippen LogP contribution in [0, 0.1) is 0 Å². The van der Waals surface area contributed by atoms with Gasteiger partial charge in [0.2, 0.25) is 7.26 Å². The molecule has 0 heterocycles. The Kier molecular flexibility index (Phi) is 17.6. The van der Waals surface area contributed by atoms with Crippen molar-refractivity contribution >= 4 is 60.3 Å². The molecule has 0 bridgehead atoms. The lowest BCUT2D eigenvalue weighted by Crippen LogP contribution is -1.66. The molecule has 0 aliphatic heterocycles. The first-order valence-electron chi connectivity index (χ1n) is 0.873. The van der Waals surface area contributed by atoms with Gasteiger partial charge in [0, 0.05) is 0 Å². The summed E-state index contributed by atoms with van der Waals surface area (Å²) in [5, 5.41) is 0. The third-order valence-electron chi connectivity index (χ3n) is 0. The van der Waals surface area contributed by atoms with Gasteiger partial charge in [0.05, 0.1) is 0 Å². The maximum Gasteiger partial charge on any atom is 0.643 e. The van der Waals surface area contributed by atoms with Gasteiger partial charge < -0.3 is 0 Å². The Balaban J connectivity index is 0. The molecule has 0 nitrogen and oxygen atoms in total. The van der Waals surface area contributed by atoms with Crippen LogP contribution >= 0.6 is 41.6 Å². The quantitative estimate of drug-likeness (QED) is 0.499. The summed E-state index contributed by atoms with van der Waals surface area (Å²) in [6.07, 6.45) is 0. The summed E-state index contributed by atoms with van der Waals surface area (Å²) in [4.78, 5) is 0. The molecule has 0 amide bonds. The van der Waals surface area contributed by atoms with E-state index in [0.717, 1.165) is 0 Å². The smallest absolute Gasteiger partial charge is 0.214 e. The Morgan fingerprint density at radius 2 is 1.00 bits per heavy atom. The van der Waals surface area contributed by atoms with Gasteiger partial charge in [-0.1, -0.05) is 0 Å². The third-order valence-corrected chi connectivity index (χ3v) is 0. The van der Waals surface area contributed by atoms with Crippen LogP contribution in [0.1, 0.15) is 0 Å². The summed E-state index contributed by atoms with van der Waals surface area (Å²) in [6, 6.07) is 0. The van der Waals surface area contributed by atoms with Crippen molar-refractivity contribution in [2.45, 2.75) is 0 Å². The van der Waals surface area contributed by atoms with Gasteiger partial charge in [0.25, 0.3) is 0 Å². The maximum atomic E-state index is 4.94. The molecule has 6 heteroatoms. The molecule has 0 aromatic rings. The topological polar surface area (TPSA) is 0 Å². The van der Waals surface area contributed by atoms with Crippen molar-refractivity contribution in [3.63, 3.8) is 0 Å². The predicted octanol–water partition coefficient (Wildman–Crippen LogP) is 2.00. The van der Waals surface area contributed by atoms with Crippen molar-refractivity contribution < 1.29 is 0 Å². The van der Waals surface area contributed by atoms with Crippen molar-refractivity contribution in [2.75, 3.05) is 0 Å². The fourth-order valence-electron chi connectivity index (χ4n) is 0. The highest BCUT2D eigenvalue weighted by Crippen LogP contribution is 1.97. The molecule has 0 aliphatic rings. The van der Waals surface area contributed by atoms with Crippen LogP contribution in [0.25, 0.3) is 0 Å². The Morgan fingerprint density at radius 1 is 1.00 bits per heavy atom. The zero-order valence-electron chi connectivity index (χ0n) is 2.67. The van der Waals surface area contributed by atoms with E-state index >= 15 is 0 Å². The number of rotatable bonds is 0. The Bertz CT molecular complexity index is 12.3. The highest BCUT2D eigenvalue weighted by Gasteiger charge is 2.00. The molecular weight excluding hydrogens is 180 g/mol. The molecule has 34 valence electrons. The summed E-state index contributed by atoms with van der Waals surface area (Å²) in [7, 11) is 18.8. The summed E-state index contributed by atoms with van der Waals surface area (Å²) in [5.74, 6) is 0. The van der Waals surface area contributed by atoms with Gasteiger partial charge in [0.1, 0.15) is 0 Å². The molecule has 0 aliphatic carbocycles. The largest absolute Gasteiger partial charge is 0.643 e. The summed E-state index contributed by atoms with van der Waals surface area (Å²) in [5.41, 5.74) is 0. The van der Waals surface area contributed by atoms with Gasteiger partial charge in [-0.15, -0.1) is 0 Å². The van der Waals surface area contributed by atoms with Crippen molar-refractivity contribution in [3.05, 3.63) is 0 Å². The third kappa shape index (κ3) is 42.2. The van der Waals surface area contributed by atoms with Gasteiger partial charge in [0.15, 0.2) is 0 Å². The lowest BCUT2D eigenvalue weighted by atomic mass is 10.8. The lowest BCUT2D eigenvalue weighted by molar-refractivity contribution is 4.07. The van der Waals surface area contributed by atoms with Crippen LogP contribution in [0.4, 0.5) is 0 Å². The van der Waals surface area contributed by atoms with E-state index in [1.807, 2.05) is 0 Å². The molecule has 2 radical (unpaired) electrons. The SMILES string of the molecule is [B]Cl.[Cl][Al]([Cl])[Cl]. The molecule has 0 N–H and O–H groups in total. The van der Waals surface area contributed by atoms with E-state index in [1.54, 1.807) is 0 Å². The molecule has 0 spiro atoms. The van der Waals surface area contributed by atoms with Crippen molar-refractivity contribution in [1.82, 2.24) is 0 Å². The Labute approximate surface area is 60.0 Å². The molecular formula is AlBCl4. The molecule has 0 unspecified atom stereocenters. The molecule has 6 heavy (non-hydrogen) atoms. The van der Waals surface area contributed by atoms with E-state index in [2.05, 4.69) is 18.7 Å². The number of halogens is 4. The van der Waals surface area contributed by atoms with E-state index < -0.39 is 11.4 Å². The highest BCUT2D eigenvalue weighted by molar-refractivity contribution is 7.54. The van der Waals surface area contributed by atoms with Crippen LogP contribution in [0.2, 0.25) is 0 Å². The Hall–Kier alpha value is 1.76. The van der Waals surface area contributed by atoms with Crippen LogP contribution in [0.15, 0.2) is 0 Å². The van der Waals surface area contributed by atoms with Crippen LogP contribution < -0.4 is 0 Å². The number of hydrogen-bond acceptors (Lipinski definition) is 0. The summed E-state index contributed by atoms with van der Waals surface area (Å²) >= 11 is 2.42. The fraction of sp³-hybridized carbons (Fsp3) is 0. The van der Waals surface area contributed by atoms with E-state index in [0.29, 0.717) is 0 Å². The van der Waals surface area contributed by atoms with Gasteiger partial charge in [-0.05, 0) is 0 Å². The van der Waals surface area contributed by atoms with E-state index in [-0.39, 0.29) is 0 Å². The highest BCUT2D eigenvalue weighted by atomic mass is 35.8. The first kappa shape index (κ1) is 10.7. The molecule has 0 saturated carbocycles. The predicted molar refractivity (Wildman–Crippen MR) is 34.9 cm³/mol. The zero-order chi connectivity index (χ0) is 5.58. The lowest BCUT2D eigenvalue weighted by Gasteiger charge is -1.57. The first-order valence-corrected chi connectivity index (χ1v) is 6.55. The molecule has 0 saturated heterocycles. The second-order valence-corrected chi connectivity index (χ2v) is 6.68. The average molecular weight is 180 g/mol. The Morgan fingerprint density at radius 3 is 1.00 bits per heavy atom. The van der Waals surface area contributed by atoms with Crippen molar-refractivity contribution in [3.8, 4) is 0 Å². The zero-order valence-corrected chi connectivity index (χ0v) is 6.84. The van der Waals surface area contributed by atoms with Gasteiger partial charge in [-0.2, -0.15) is 0 Å². The van der Waals surface area contributed by atoms with E-state index in [4.69, 9.17) is 30.1 Å². The second-order valence-electron chi connectivity index (χ2n) is 0.247. The number of hydrogen-bond donors (Lipinski definition) is 0. The van der Waals surface area contributed by atoms with Gasteiger partial charge in [-0.3, -0.25) is 0 Å². The molecule has 0 aromatic heterocycles. The van der Waals surface area contributed by atoms with E-state index in [9.17, 15) is 0 Å². The summed E-state index contributed by atoms with van der Waals surface area (Å²) in [6.45, 7) is 0. The molecule has 0 aromatic carbocycles. The van der Waals surface area contributed by atoms with Crippen LogP contribution in [0.3, 0.4) is 0 Å². The minimum atomic E-state index is -1.72. The van der Waals surface area contributed by atoms with E-state index in [1.165, 1.54) is 0 Å². The average Bonchev–Trinajstić information content (AvgIpc) is 1.41. The first-order chi connectivity index (χ1) is 2.73. The van der Waals surface area contributed by atoms with Gasteiger partial charge in [-0.25, -0.2) is 41.6 Å². The van der Waals surface area contributed by atoms with Crippen molar-refractivity contribution in [1.29, 1.82) is 0 Å².